The van der Waals surface area contributed by atoms with Crippen molar-refractivity contribution < 1.29 is 4.79 Å². The zero-order valence-electron chi connectivity index (χ0n) is 10.1. The highest BCUT2D eigenvalue weighted by atomic mass is 32.2. The van der Waals surface area contributed by atoms with Crippen molar-refractivity contribution in [1.82, 2.24) is 0 Å². The summed E-state index contributed by atoms with van der Waals surface area (Å²) in [6.07, 6.45) is 2.03. The van der Waals surface area contributed by atoms with Gasteiger partial charge in [0.15, 0.2) is 0 Å². The van der Waals surface area contributed by atoms with Crippen LogP contribution in [-0.2, 0) is 0 Å². The molecule has 1 aromatic carbocycles. The predicted octanol–water partition coefficient (Wildman–Crippen LogP) is 4.32. The van der Waals surface area contributed by atoms with Gasteiger partial charge < -0.3 is 0 Å². The summed E-state index contributed by atoms with van der Waals surface area (Å²) < 4.78 is 0. The smallest absolute Gasteiger partial charge is 0.203 e. The maximum Gasteiger partial charge on any atom is 0.203 e. The topological polar surface area (TPSA) is 17.1 Å². The van der Waals surface area contributed by atoms with E-state index in [0.717, 1.165) is 16.0 Å². The lowest BCUT2D eigenvalue weighted by molar-refractivity contribution is 0.104. The maximum atomic E-state index is 12.3. The normalized spacial score (nSPS) is 10.5. The molecule has 17 heavy (non-hydrogen) atoms. The Hall–Kier alpha value is -1.06. The fourth-order valence-corrected chi connectivity index (χ4v) is 3.14. The molecular formula is C14H14OS2. The van der Waals surface area contributed by atoms with Crippen LogP contribution in [0.1, 0.15) is 25.7 Å². The van der Waals surface area contributed by atoms with Gasteiger partial charge in [0.25, 0.3) is 0 Å². The van der Waals surface area contributed by atoms with E-state index < -0.39 is 0 Å². The summed E-state index contributed by atoms with van der Waals surface area (Å²) in [6, 6.07) is 9.86. The largest absolute Gasteiger partial charge is 0.288 e. The van der Waals surface area contributed by atoms with E-state index in [1.807, 2.05) is 44.4 Å². The second-order valence-corrected chi connectivity index (χ2v) is 6.06. The molecule has 0 radical (unpaired) electrons. The lowest BCUT2D eigenvalue weighted by atomic mass is 10.1. The molecule has 0 aliphatic rings. The Bertz CT molecular complexity index is 538. The Balaban J connectivity index is 2.33. The first-order chi connectivity index (χ1) is 8.11. The number of rotatable bonds is 3. The van der Waals surface area contributed by atoms with Crippen LogP contribution in [0.3, 0.4) is 0 Å². The van der Waals surface area contributed by atoms with Crippen LogP contribution in [0.5, 0.6) is 0 Å². The van der Waals surface area contributed by atoms with Crippen LogP contribution in [0.25, 0.3) is 0 Å². The van der Waals surface area contributed by atoms with Crippen LogP contribution < -0.4 is 0 Å². The standard InChI is InChI=1S/C14H14OS2/c1-9-8-10(2)17-14(9)13(15)11-4-6-12(16-3)7-5-11/h4-8H,1-3H3. The molecule has 2 aromatic rings. The molecule has 0 spiro atoms. The lowest BCUT2D eigenvalue weighted by Crippen LogP contribution is -1.99. The van der Waals surface area contributed by atoms with Crippen LogP contribution in [0.4, 0.5) is 0 Å². The molecule has 0 fully saturated rings. The zero-order valence-corrected chi connectivity index (χ0v) is 11.7. The van der Waals surface area contributed by atoms with Gasteiger partial charge in [-0.2, -0.15) is 0 Å². The highest BCUT2D eigenvalue weighted by Crippen LogP contribution is 2.25. The Morgan fingerprint density at radius 1 is 1.18 bits per heavy atom. The van der Waals surface area contributed by atoms with Gasteiger partial charge >= 0.3 is 0 Å². The first-order valence-electron chi connectivity index (χ1n) is 5.37. The average Bonchev–Trinajstić information content (AvgIpc) is 2.68. The molecule has 0 bridgehead atoms. The number of aryl methyl sites for hydroxylation is 2. The molecule has 0 saturated carbocycles. The van der Waals surface area contributed by atoms with Crippen LogP contribution >= 0.6 is 23.1 Å². The summed E-state index contributed by atoms with van der Waals surface area (Å²) in [4.78, 5) is 15.5. The van der Waals surface area contributed by atoms with E-state index in [0.29, 0.717) is 0 Å². The molecule has 2 rings (SSSR count). The number of thiophene rings is 1. The van der Waals surface area contributed by atoms with Crippen molar-refractivity contribution in [1.29, 1.82) is 0 Å². The van der Waals surface area contributed by atoms with E-state index in [9.17, 15) is 4.79 Å². The van der Waals surface area contributed by atoms with Crippen molar-refractivity contribution in [3.05, 3.63) is 51.2 Å². The van der Waals surface area contributed by atoms with Crippen LogP contribution in [0.15, 0.2) is 35.2 Å². The van der Waals surface area contributed by atoms with Gasteiger partial charge in [-0.25, -0.2) is 0 Å². The van der Waals surface area contributed by atoms with Gasteiger partial charge in [-0.15, -0.1) is 23.1 Å². The summed E-state index contributed by atoms with van der Waals surface area (Å²) in [5, 5.41) is 0. The number of hydrogen-bond acceptors (Lipinski definition) is 3. The lowest BCUT2D eigenvalue weighted by Gasteiger charge is -2.01. The third-order valence-corrected chi connectivity index (χ3v) is 4.49. The van der Waals surface area contributed by atoms with Crippen molar-refractivity contribution in [2.24, 2.45) is 0 Å². The van der Waals surface area contributed by atoms with E-state index in [4.69, 9.17) is 0 Å². The van der Waals surface area contributed by atoms with E-state index in [1.54, 1.807) is 23.1 Å². The highest BCUT2D eigenvalue weighted by molar-refractivity contribution is 7.98. The Labute approximate surface area is 110 Å². The minimum atomic E-state index is 0.133. The molecule has 0 atom stereocenters. The van der Waals surface area contributed by atoms with Gasteiger partial charge in [-0.05, 0) is 56.0 Å². The number of hydrogen-bond donors (Lipinski definition) is 0. The first-order valence-corrected chi connectivity index (χ1v) is 7.41. The molecule has 0 aliphatic heterocycles. The molecule has 1 heterocycles. The number of carbonyl (C=O) groups is 1. The monoisotopic (exact) mass is 262 g/mol. The third-order valence-electron chi connectivity index (χ3n) is 2.60. The van der Waals surface area contributed by atoms with Gasteiger partial charge in [0, 0.05) is 15.3 Å². The molecule has 0 aliphatic carbocycles. The summed E-state index contributed by atoms with van der Waals surface area (Å²) in [5.41, 5.74) is 1.85. The van der Waals surface area contributed by atoms with Crippen LogP contribution in [-0.4, -0.2) is 12.0 Å². The zero-order chi connectivity index (χ0) is 12.4. The fourth-order valence-electron chi connectivity index (χ4n) is 1.74. The summed E-state index contributed by atoms with van der Waals surface area (Å²) in [5.74, 6) is 0.133. The van der Waals surface area contributed by atoms with E-state index >= 15 is 0 Å². The predicted molar refractivity (Wildman–Crippen MR) is 75.4 cm³/mol. The molecule has 3 heteroatoms. The minimum absolute atomic E-state index is 0.133. The van der Waals surface area contributed by atoms with Gasteiger partial charge in [-0.1, -0.05) is 0 Å². The highest BCUT2D eigenvalue weighted by Gasteiger charge is 2.14. The average molecular weight is 262 g/mol. The summed E-state index contributed by atoms with van der Waals surface area (Å²) in [6.45, 7) is 4.03. The van der Waals surface area contributed by atoms with Gasteiger partial charge in [-0.3, -0.25) is 4.79 Å². The molecule has 1 aromatic heterocycles. The summed E-state index contributed by atoms with van der Waals surface area (Å²) >= 11 is 3.26. The Morgan fingerprint density at radius 3 is 2.29 bits per heavy atom. The molecule has 88 valence electrons. The van der Waals surface area contributed by atoms with Crippen molar-refractivity contribution in [3.8, 4) is 0 Å². The van der Waals surface area contributed by atoms with Crippen molar-refractivity contribution in [2.45, 2.75) is 18.7 Å². The van der Waals surface area contributed by atoms with Crippen LogP contribution in [0.2, 0.25) is 0 Å². The summed E-state index contributed by atoms with van der Waals surface area (Å²) in [7, 11) is 0. The van der Waals surface area contributed by atoms with Crippen molar-refractivity contribution in [3.63, 3.8) is 0 Å². The number of carbonyl (C=O) groups excluding carboxylic acids is 1. The van der Waals surface area contributed by atoms with Gasteiger partial charge in [0.1, 0.15) is 0 Å². The molecule has 1 nitrogen and oxygen atoms in total. The minimum Gasteiger partial charge on any atom is -0.288 e. The number of ketones is 1. The van der Waals surface area contributed by atoms with E-state index in [-0.39, 0.29) is 5.78 Å². The number of thioether (sulfide) groups is 1. The van der Waals surface area contributed by atoms with Gasteiger partial charge in [0.05, 0.1) is 4.88 Å². The molecular weight excluding hydrogens is 248 g/mol. The SMILES string of the molecule is CSc1ccc(C(=O)c2sc(C)cc2C)cc1. The fraction of sp³-hybridized carbons (Fsp3) is 0.214. The van der Waals surface area contributed by atoms with Crippen LogP contribution in [0, 0.1) is 13.8 Å². The molecule has 0 unspecified atom stereocenters. The molecule has 0 amide bonds. The van der Waals surface area contributed by atoms with Crippen molar-refractivity contribution in [2.75, 3.05) is 6.26 Å². The van der Waals surface area contributed by atoms with E-state index in [1.165, 1.54) is 9.77 Å². The second kappa shape index (κ2) is 5.07. The second-order valence-electron chi connectivity index (χ2n) is 3.93. The first kappa shape index (κ1) is 12.4. The Kier molecular flexibility index (Phi) is 3.69. The van der Waals surface area contributed by atoms with Crippen molar-refractivity contribution >= 4 is 28.9 Å². The number of benzene rings is 1. The Morgan fingerprint density at radius 2 is 1.82 bits per heavy atom. The quantitative estimate of drug-likeness (QED) is 0.605. The van der Waals surface area contributed by atoms with Gasteiger partial charge in [0.2, 0.25) is 5.78 Å². The third kappa shape index (κ3) is 2.61. The molecule has 0 saturated heterocycles. The van der Waals surface area contributed by atoms with E-state index in [2.05, 4.69) is 6.07 Å². The molecule has 0 N–H and O–H groups in total. The maximum absolute atomic E-state index is 12.3.